The molecule has 5 nitrogen and oxygen atoms in total. The number of hydrogen-bond acceptors (Lipinski definition) is 6. The van der Waals surface area contributed by atoms with Gasteiger partial charge >= 0.3 is 5.97 Å². The van der Waals surface area contributed by atoms with E-state index in [1.165, 1.54) is 29.5 Å². The second-order valence-electron chi connectivity index (χ2n) is 7.97. The van der Waals surface area contributed by atoms with Crippen LogP contribution in [-0.2, 0) is 9.53 Å². The van der Waals surface area contributed by atoms with Crippen LogP contribution in [0.15, 0.2) is 89.0 Å². The smallest absolute Gasteiger partial charge is 0.338 e. The van der Waals surface area contributed by atoms with E-state index in [1.807, 2.05) is 30.3 Å². The van der Waals surface area contributed by atoms with Crippen LogP contribution in [0.1, 0.15) is 24.0 Å². The summed E-state index contributed by atoms with van der Waals surface area (Å²) in [4.78, 5) is 28.9. The summed E-state index contributed by atoms with van der Waals surface area (Å²) < 4.78 is 20.0. The summed E-state index contributed by atoms with van der Waals surface area (Å²) in [5.74, 6) is -1.70. The van der Waals surface area contributed by atoms with E-state index in [0.717, 1.165) is 0 Å². The molecule has 4 aromatic rings. The Hall–Kier alpha value is -3.68. The van der Waals surface area contributed by atoms with Crippen molar-refractivity contribution in [2.45, 2.75) is 12.8 Å². The quantitative estimate of drug-likeness (QED) is 0.340. The lowest BCUT2D eigenvalue weighted by Crippen LogP contribution is -2.37. The zero-order chi connectivity index (χ0) is 24.7. The van der Waals surface area contributed by atoms with E-state index in [0.29, 0.717) is 36.9 Å². The average Bonchev–Trinajstić information content (AvgIpc) is 2.84. The number of carbonyl (C=O) groups is 1. The van der Waals surface area contributed by atoms with Crippen LogP contribution >= 0.6 is 22.9 Å². The van der Waals surface area contributed by atoms with E-state index >= 15 is 0 Å². The van der Waals surface area contributed by atoms with Gasteiger partial charge < -0.3 is 10.5 Å². The lowest BCUT2D eigenvalue weighted by molar-refractivity contribution is -0.138. The first-order chi connectivity index (χ1) is 16.9. The maximum atomic E-state index is 14.1. The zero-order valence-electron chi connectivity index (χ0n) is 18.6. The molecule has 2 heterocycles. The lowest BCUT2D eigenvalue weighted by atomic mass is 9.82. The van der Waals surface area contributed by atoms with Gasteiger partial charge in [0.05, 0.1) is 18.1 Å². The molecule has 3 aromatic carbocycles. The molecule has 0 aliphatic carbocycles. The number of rotatable bonds is 4. The Labute approximate surface area is 209 Å². The highest BCUT2D eigenvalue weighted by atomic mass is 35.5. The summed E-state index contributed by atoms with van der Waals surface area (Å²) in [6.45, 7) is 1.85. The van der Waals surface area contributed by atoms with Gasteiger partial charge in [0.1, 0.15) is 16.6 Å². The monoisotopic (exact) mass is 506 g/mol. The number of nitrogens with zero attached hydrogens (tertiary/aromatic N) is 1. The molecule has 8 heteroatoms. The van der Waals surface area contributed by atoms with Crippen molar-refractivity contribution in [1.29, 1.82) is 0 Å². The molecule has 0 saturated carbocycles. The number of para-hydroxylation sites is 1. The average molecular weight is 507 g/mol. The van der Waals surface area contributed by atoms with E-state index < -0.39 is 17.7 Å². The van der Waals surface area contributed by atoms with Crippen molar-refractivity contribution in [1.82, 2.24) is 0 Å². The van der Waals surface area contributed by atoms with Crippen LogP contribution in [0.2, 0.25) is 5.02 Å². The molecule has 176 valence electrons. The number of carbonyl (C=O) groups excluding carboxylic acids is 1. The fourth-order valence-electron chi connectivity index (χ4n) is 4.37. The van der Waals surface area contributed by atoms with Crippen molar-refractivity contribution in [2.24, 2.45) is 5.73 Å². The fraction of sp³-hybridized carbons (Fsp3) is 0.111. The third-order valence-electron chi connectivity index (χ3n) is 5.88. The maximum Gasteiger partial charge on any atom is 0.338 e. The van der Waals surface area contributed by atoms with E-state index in [2.05, 4.69) is 0 Å². The lowest BCUT2D eigenvalue weighted by Gasteiger charge is -2.36. The predicted octanol–water partition coefficient (Wildman–Crippen LogP) is 6.07. The first-order valence-corrected chi connectivity index (χ1v) is 12.1. The van der Waals surface area contributed by atoms with Crippen LogP contribution in [-0.4, -0.2) is 12.6 Å². The van der Waals surface area contributed by atoms with Gasteiger partial charge in [0.15, 0.2) is 5.43 Å². The maximum absolute atomic E-state index is 14.1. The Morgan fingerprint density at radius 2 is 1.83 bits per heavy atom. The molecule has 1 atom stereocenters. The van der Waals surface area contributed by atoms with E-state index in [1.54, 1.807) is 36.1 Å². The molecule has 0 fully saturated rings. The van der Waals surface area contributed by atoms with Crippen molar-refractivity contribution >= 4 is 49.7 Å². The number of esters is 1. The molecule has 0 spiro atoms. The second-order valence-corrected chi connectivity index (χ2v) is 9.43. The van der Waals surface area contributed by atoms with Crippen molar-refractivity contribution in [3.8, 4) is 0 Å². The summed E-state index contributed by atoms with van der Waals surface area (Å²) in [5.41, 5.74) is 8.25. The number of ether oxygens (including phenoxy) is 1. The van der Waals surface area contributed by atoms with Crippen molar-refractivity contribution in [2.75, 3.05) is 11.5 Å². The topological polar surface area (TPSA) is 72.6 Å². The summed E-state index contributed by atoms with van der Waals surface area (Å²) in [7, 11) is 0. The predicted molar refractivity (Wildman–Crippen MR) is 138 cm³/mol. The number of halogens is 2. The molecule has 0 radical (unpaired) electrons. The van der Waals surface area contributed by atoms with E-state index in [-0.39, 0.29) is 23.4 Å². The number of fused-ring (bicyclic) bond motifs is 2. The molecule has 1 unspecified atom stereocenters. The summed E-state index contributed by atoms with van der Waals surface area (Å²) in [6, 6.07) is 20.2. The van der Waals surface area contributed by atoms with Gasteiger partial charge in [-0.2, -0.15) is 0 Å². The van der Waals surface area contributed by atoms with Gasteiger partial charge in [-0.3, -0.25) is 9.69 Å². The Kier molecular flexibility index (Phi) is 6.05. The van der Waals surface area contributed by atoms with Crippen LogP contribution in [0.3, 0.4) is 0 Å². The Morgan fingerprint density at radius 3 is 2.51 bits per heavy atom. The number of nitrogens with two attached hydrogens (primary N) is 1. The van der Waals surface area contributed by atoms with Crippen LogP contribution in [0.4, 0.5) is 15.1 Å². The second kappa shape index (κ2) is 9.17. The van der Waals surface area contributed by atoms with Gasteiger partial charge in [0.2, 0.25) is 0 Å². The Morgan fingerprint density at radius 1 is 1.11 bits per heavy atom. The van der Waals surface area contributed by atoms with E-state index in [9.17, 15) is 14.0 Å². The molecule has 5 rings (SSSR count). The van der Waals surface area contributed by atoms with Gasteiger partial charge in [-0.05, 0) is 55.0 Å². The summed E-state index contributed by atoms with van der Waals surface area (Å²) in [5, 5.41) is 1.40. The van der Waals surface area contributed by atoms with Crippen LogP contribution in [0.5, 0.6) is 0 Å². The van der Waals surface area contributed by atoms with Crippen molar-refractivity contribution < 1.29 is 13.9 Å². The highest BCUT2D eigenvalue weighted by Crippen LogP contribution is 2.48. The molecular weight excluding hydrogens is 487 g/mol. The summed E-state index contributed by atoms with van der Waals surface area (Å²) in [6.07, 6.45) is 0. The normalized spacial score (nSPS) is 15.3. The Bertz CT molecular complexity index is 1530. The molecule has 2 N–H and O–H groups in total. The van der Waals surface area contributed by atoms with E-state index in [4.69, 9.17) is 22.1 Å². The zero-order valence-corrected chi connectivity index (χ0v) is 20.2. The highest BCUT2D eigenvalue weighted by Gasteiger charge is 2.40. The van der Waals surface area contributed by atoms with Gasteiger partial charge in [-0.15, -0.1) is 11.3 Å². The molecule has 1 aromatic heterocycles. The van der Waals surface area contributed by atoms with Crippen LogP contribution < -0.4 is 16.1 Å². The Balaban J connectivity index is 1.91. The SMILES string of the molecule is CCOC(=O)C1=C(N)N(c2ccccc2)c2sc3cc(F)ccc3c(=O)c2C1c1ccc(Cl)cc1. The largest absolute Gasteiger partial charge is 0.463 e. The highest BCUT2D eigenvalue weighted by molar-refractivity contribution is 7.22. The number of benzene rings is 3. The standard InChI is InChI=1S/C27H20ClFN2O3S/c1-2-34-27(33)23-21(15-8-10-16(28)11-9-15)22-24(32)19-13-12-17(29)14-20(19)35-26(22)31(25(23)30)18-6-4-3-5-7-18/h3-14,21H,2,30H2,1H3. The van der Waals surface area contributed by atoms with Gasteiger partial charge in [-0.1, -0.05) is 41.9 Å². The minimum atomic E-state index is -0.792. The molecule has 35 heavy (non-hydrogen) atoms. The van der Waals surface area contributed by atoms with Crippen LogP contribution in [0.25, 0.3) is 10.1 Å². The van der Waals surface area contributed by atoms with Crippen molar-refractivity contribution in [3.05, 3.63) is 116 Å². The molecule has 0 bridgehead atoms. The van der Waals surface area contributed by atoms with Gasteiger partial charge in [0, 0.05) is 26.4 Å². The number of anilines is 2. The first-order valence-electron chi connectivity index (χ1n) is 10.9. The third kappa shape index (κ3) is 3.96. The minimum Gasteiger partial charge on any atom is -0.463 e. The molecule has 0 amide bonds. The third-order valence-corrected chi connectivity index (χ3v) is 7.29. The minimum absolute atomic E-state index is 0.144. The van der Waals surface area contributed by atoms with Crippen LogP contribution in [0, 0.1) is 5.82 Å². The molecule has 0 saturated heterocycles. The summed E-state index contributed by atoms with van der Waals surface area (Å²) >= 11 is 7.37. The molecular formula is C27H20ClFN2O3S. The first kappa shape index (κ1) is 23.1. The molecule has 1 aliphatic heterocycles. The molecule has 1 aliphatic rings. The van der Waals surface area contributed by atoms with Crippen molar-refractivity contribution in [3.63, 3.8) is 0 Å². The van der Waals surface area contributed by atoms with Gasteiger partial charge in [-0.25, -0.2) is 9.18 Å². The number of hydrogen-bond donors (Lipinski definition) is 1. The van der Waals surface area contributed by atoms with Gasteiger partial charge in [0.25, 0.3) is 0 Å². The fourth-order valence-corrected chi connectivity index (χ4v) is 5.76.